The number of hydrogen-bond donors (Lipinski definition) is 2. The van der Waals surface area contributed by atoms with Crippen molar-refractivity contribution < 1.29 is 29.3 Å². The van der Waals surface area contributed by atoms with Crippen molar-refractivity contribution in [2.45, 2.75) is 12.6 Å². The highest BCUT2D eigenvalue weighted by Gasteiger charge is 2.46. The Labute approximate surface area is 212 Å². The maximum absolute atomic E-state index is 13.3. The van der Waals surface area contributed by atoms with E-state index in [4.69, 9.17) is 4.74 Å². The summed E-state index contributed by atoms with van der Waals surface area (Å²) in [6, 6.07) is 25.3. The van der Waals surface area contributed by atoms with Crippen LogP contribution in [0.25, 0.3) is 16.5 Å². The van der Waals surface area contributed by atoms with Crippen molar-refractivity contribution in [2.24, 2.45) is 0 Å². The molecule has 1 amide bonds. The summed E-state index contributed by atoms with van der Waals surface area (Å²) in [6.07, 6.45) is 0. The summed E-state index contributed by atoms with van der Waals surface area (Å²) in [5.74, 6) is -2.32. The van der Waals surface area contributed by atoms with Gasteiger partial charge in [-0.1, -0.05) is 60.7 Å². The molecule has 5 rings (SSSR count). The number of fused-ring (bicyclic) bond motifs is 1. The Kier molecular flexibility index (Phi) is 6.19. The molecule has 0 radical (unpaired) electrons. The van der Waals surface area contributed by atoms with E-state index < -0.39 is 23.7 Å². The molecule has 4 aromatic carbocycles. The Hall–Kier alpha value is -4.91. The lowest BCUT2D eigenvalue weighted by Crippen LogP contribution is -2.29. The number of carboxylic acid groups (broad SMARTS) is 1. The summed E-state index contributed by atoms with van der Waals surface area (Å²) >= 11 is 0. The van der Waals surface area contributed by atoms with Gasteiger partial charge in [0.2, 0.25) is 0 Å². The minimum Gasteiger partial charge on any atom is -0.507 e. The van der Waals surface area contributed by atoms with Crippen molar-refractivity contribution in [2.75, 3.05) is 7.11 Å². The van der Waals surface area contributed by atoms with Crippen LogP contribution in [0.15, 0.2) is 96.6 Å². The van der Waals surface area contributed by atoms with Crippen LogP contribution in [0.1, 0.15) is 33.1 Å². The van der Waals surface area contributed by atoms with Crippen LogP contribution >= 0.6 is 0 Å². The fourth-order valence-electron chi connectivity index (χ4n) is 4.64. The number of rotatable bonds is 6. The molecule has 1 unspecified atom stereocenters. The lowest BCUT2D eigenvalue weighted by atomic mass is 9.94. The summed E-state index contributed by atoms with van der Waals surface area (Å²) in [5.41, 5.74) is 1.77. The quantitative estimate of drug-likeness (QED) is 0.218. The average Bonchev–Trinajstić information content (AvgIpc) is 3.17. The summed E-state index contributed by atoms with van der Waals surface area (Å²) in [4.78, 5) is 39.3. The number of nitrogens with zero attached hydrogens (tertiary/aromatic N) is 1. The zero-order chi connectivity index (χ0) is 26.1. The third-order valence-corrected chi connectivity index (χ3v) is 6.53. The van der Waals surface area contributed by atoms with E-state index in [0.717, 1.165) is 10.8 Å². The monoisotopic (exact) mass is 493 g/mol. The van der Waals surface area contributed by atoms with E-state index in [9.17, 15) is 24.6 Å². The summed E-state index contributed by atoms with van der Waals surface area (Å²) in [7, 11) is 1.52. The number of likely N-dealkylation sites (tertiary alicyclic amines) is 1. The summed E-state index contributed by atoms with van der Waals surface area (Å²) in [6.45, 7) is 0.0425. The number of methoxy groups -OCH3 is 1. The van der Waals surface area contributed by atoms with Gasteiger partial charge in [-0.3, -0.25) is 9.59 Å². The van der Waals surface area contributed by atoms with Crippen LogP contribution in [0.2, 0.25) is 0 Å². The molecule has 1 aliphatic heterocycles. The van der Waals surface area contributed by atoms with Crippen molar-refractivity contribution >= 4 is 34.2 Å². The molecule has 0 bridgehead atoms. The van der Waals surface area contributed by atoms with Gasteiger partial charge in [0.05, 0.1) is 24.3 Å². The number of aromatic carboxylic acids is 1. The summed E-state index contributed by atoms with van der Waals surface area (Å²) < 4.78 is 5.36. The Bertz CT molecular complexity index is 1570. The second-order valence-corrected chi connectivity index (χ2v) is 8.77. The number of carbonyl (C=O) groups is 3. The molecule has 4 aromatic rings. The van der Waals surface area contributed by atoms with Crippen molar-refractivity contribution in [3.63, 3.8) is 0 Å². The number of aliphatic hydroxyl groups excluding tert-OH is 1. The van der Waals surface area contributed by atoms with Crippen molar-refractivity contribution in [3.05, 3.63) is 119 Å². The molecule has 7 nitrogen and oxygen atoms in total. The Morgan fingerprint density at radius 1 is 0.838 bits per heavy atom. The highest BCUT2D eigenvalue weighted by molar-refractivity contribution is 6.46. The number of carboxylic acids is 1. The van der Waals surface area contributed by atoms with E-state index in [1.807, 2.05) is 30.3 Å². The average molecular weight is 494 g/mol. The number of ether oxygens (including phenoxy) is 1. The molecule has 0 spiro atoms. The van der Waals surface area contributed by atoms with Gasteiger partial charge in [0.1, 0.15) is 11.5 Å². The third kappa shape index (κ3) is 4.43. The maximum Gasteiger partial charge on any atom is 0.335 e. The van der Waals surface area contributed by atoms with Crippen LogP contribution in [-0.4, -0.2) is 39.9 Å². The largest absolute Gasteiger partial charge is 0.507 e. The molecule has 184 valence electrons. The number of Topliss-reactive ketones (excluding diaryl/α,β-unsaturated/α-hetero) is 1. The molecule has 1 heterocycles. The predicted molar refractivity (Wildman–Crippen MR) is 138 cm³/mol. The highest BCUT2D eigenvalue weighted by atomic mass is 16.5. The van der Waals surface area contributed by atoms with Gasteiger partial charge in [0.25, 0.3) is 11.7 Å². The van der Waals surface area contributed by atoms with Gasteiger partial charge in [-0.15, -0.1) is 0 Å². The lowest BCUT2D eigenvalue weighted by molar-refractivity contribution is -0.140. The molecule has 0 aliphatic carbocycles. The van der Waals surface area contributed by atoms with E-state index in [-0.39, 0.29) is 23.4 Å². The van der Waals surface area contributed by atoms with Crippen molar-refractivity contribution in [3.8, 4) is 5.75 Å². The van der Waals surface area contributed by atoms with Crippen LogP contribution in [0.5, 0.6) is 5.75 Å². The Morgan fingerprint density at radius 3 is 2.24 bits per heavy atom. The van der Waals surface area contributed by atoms with E-state index in [2.05, 4.69) is 0 Å². The first kappa shape index (κ1) is 23.8. The highest BCUT2D eigenvalue weighted by Crippen LogP contribution is 2.41. The van der Waals surface area contributed by atoms with Gasteiger partial charge in [-0.05, 0) is 52.2 Å². The van der Waals surface area contributed by atoms with Gasteiger partial charge in [-0.2, -0.15) is 0 Å². The molecule has 0 aromatic heterocycles. The normalized spacial score (nSPS) is 16.8. The van der Waals surface area contributed by atoms with E-state index in [1.54, 1.807) is 48.5 Å². The van der Waals surface area contributed by atoms with Crippen LogP contribution in [0.3, 0.4) is 0 Å². The number of ketones is 1. The van der Waals surface area contributed by atoms with Crippen molar-refractivity contribution in [1.29, 1.82) is 0 Å². The molecule has 37 heavy (non-hydrogen) atoms. The minimum atomic E-state index is -1.06. The first-order valence-corrected chi connectivity index (χ1v) is 11.6. The molecule has 1 saturated heterocycles. The second kappa shape index (κ2) is 9.62. The minimum absolute atomic E-state index is 0.0179. The molecule has 0 saturated carbocycles. The fraction of sp³-hybridized carbons (Fsp3) is 0.100. The van der Waals surface area contributed by atoms with Crippen LogP contribution < -0.4 is 4.74 Å². The second-order valence-electron chi connectivity index (χ2n) is 8.77. The number of aliphatic hydroxyl groups is 1. The van der Waals surface area contributed by atoms with Gasteiger partial charge in [0.15, 0.2) is 0 Å². The number of hydrogen-bond acceptors (Lipinski definition) is 5. The Balaban J connectivity index is 1.64. The van der Waals surface area contributed by atoms with Crippen LogP contribution in [0, 0.1) is 0 Å². The number of amides is 1. The molecule has 7 heteroatoms. The van der Waals surface area contributed by atoms with Gasteiger partial charge in [-0.25, -0.2) is 4.79 Å². The smallest absolute Gasteiger partial charge is 0.335 e. The molecule has 1 fully saturated rings. The SMILES string of the molecule is COc1cccc(C2/C(=C(/O)c3ccc4ccccc4c3)C(=O)C(=O)N2Cc2ccc(C(=O)O)cc2)c1. The van der Waals surface area contributed by atoms with E-state index >= 15 is 0 Å². The number of carbonyl (C=O) groups excluding carboxylic acids is 2. The molecule has 2 N–H and O–H groups in total. The zero-order valence-electron chi connectivity index (χ0n) is 19.9. The van der Waals surface area contributed by atoms with E-state index in [0.29, 0.717) is 22.4 Å². The van der Waals surface area contributed by atoms with Gasteiger partial charge < -0.3 is 19.8 Å². The fourth-order valence-corrected chi connectivity index (χ4v) is 4.64. The van der Waals surface area contributed by atoms with Crippen LogP contribution in [-0.2, 0) is 16.1 Å². The molecular formula is C30H23NO6. The first-order chi connectivity index (χ1) is 17.9. The van der Waals surface area contributed by atoms with Crippen molar-refractivity contribution in [1.82, 2.24) is 4.90 Å². The maximum atomic E-state index is 13.3. The molecule has 1 atom stereocenters. The standard InChI is InChI=1S/C30H23NO6/c1-37-24-8-4-7-22(16-24)26-25(27(32)23-14-13-19-5-2-3-6-21(19)15-23)28(33)29(34)31(26)17-18-9-11-20(12-10-18)30(35)36/h2-16,26,32H,17H2,1H3,(H,35,36)/b27-25-. The van der Waals surface area contributed by atoms with Crippen LogP contribution in [0.4, 0.5) is 0 Å². The zero-order valence-corrected chi connectivity index (χ0v) is 19.9. The molecular weight excluding hydrogens is 470 g/mol. The Morgan fingerprint density at radius 2 is 1.54 bits per heavy atom. The van der Waals surface area contributed by atoms with Gasteiger partial charge >= 0.3 is 5.97 Å². The summed E-state index contributed by atoms with van der Waals surface area (Å²) in [5, 5.41) is 22.4. The molecule has 1 aliphatic rings. The number of benzene rings is 4. The topological polar surface area (TPSA) is 104 Å². The lowest BCUT2D eigenvalue weighted by Gasteiger charge is -2.26. The first-order valence-electron chi connectivity index (χ1n) is 11.6. The van der Waals surface area contributed by atoms with Gasteiger partial charge in [0, 0.05) is 12.1 Å². The third-order valence-electron chi connectivity index (χ3n) is 6.53. The predicted octanol–water partition coefficient (Wildman–Crippen LogP) is 5.17. The van der Waals surface area contributed by atoms with E-state index in [1.165, 1.54) is 24.1 Å².